The third-order valence-electron chi connectivity index (χ3n) is 2.82. The second kappa shape index (κ2) is 5.63. The first kappa shape index (κ1) is 11.9. The van der Waals surface area contributed by atoms with Crippen molar-refractivity contribution in [3.63, 3.8) is 0 Å². The summed E-state index contributed by atoms with van der Waals surface area (Å²) in [4.78, 5) is 17.7. The molecule has 1 N–H and O–H groups in total. The standard InChI is InChI=1S/C12H17N3O2/c1-10-7-14-5-6-15(10)12(16)9-17-11-3-2-4-13-8-11/h2-4,8,10,14H,5-7,9H2,1H3/t10-/m1/s1. The Balaban J connectivity index is 1.84. The lowest BCUT2D eigenvalue weighted by Crippen LogP contribution is -2.53. The summed E-state index contributed by atoms with van der Waals surface area (Å²) in [5.41, 5.74) is 0. The molecule has 5 nitrogen and oxygen atoms in total. The van der Waals surface area contributed by atoms with E-state index < -0.39 is 0 Å². The van der Waals surface area contributed by atoms with E-state index in [1.54, 1.807) is 24.5 Å². The number of hydrogen-bond acceptors (Lipinski definition) is 4. The third kappa shape index (κ3) is 3.17. The van der Waals surface area contributed by atoms with Gasteiger partial charge in [0.25, 0.3) is 5.91 Å². The van der Waals surface area contributed by atoms with Gasteiger partial charge in [-0.2, -0.15) is 0 Å². The molecule has 0 unspecified atom stereocenters. The van der Waals surface area contributed by atoms with Gasteiger partial charge in [-0.1, -0.05) is 0 Å². The normalized spacial score (nSPS) is 20.1. The number of hydrogen-bond donors (Lipinski definition) is 1. The van der Waals surface area contributed by atoms with E-state index in [4.69, 9.17) is 4.74 Å². The van der Waals surface area contributed by atoms with E-state index in [0.29, 0.717) is 5.75 Å². The Kier molecular flexibility index (Phi) is 3.93. The fourth-order valence-electron chi connectivity index (χ4n) is 1.87. The number of ether oxygens (including phenoxy) is 1. The van der Waals surface area contributed by atoms with Crippen molar-refractivity contribution in [3.05, 3.63) is 24.5 Å². The van der Waals surface area contributed by atoms with Crippen LogP contribution in [0.3, 0.4) is 0 Å². The molecule has 0 saturated carbocycles. The van der Waals surface area contributed by atoms with Crippen LogP contribution in [0.5, 0.6) is 5.75 Å². The molecular formula is C12H17N3O2. The largest absolute Gasteiger partial charge is 0.482 e. The highest BCUT2D eigenvalue weighted by Crippen LogP contribution is 2.08. The fourth-order valence-corrected chi connectivity index (χ4v) is 1.87. The predicted octanol–water partition coefficient (Wildman–Crippen LogP) is 0.281. The van der Waals surface area contributed by atoms with E-state index in [1.807, 2.05) is 11.8 Å². The minimum atomic E-state index is 0.0304. The summed E-state index contributed by atoms with van der Waals surface area (Å²) >= 11 is 0. The lowest BCUT2D eigenvalue weighted by Gasteiger charge is -2.33. The molecule has 1 atom stereocenters. The first-order valence-electron chi connectivity index (χ1n) is 5.80. The van der Waals surface area contributed by atoms with E-state index in [0.717, 1.165) is 19.6 Å². The van der Waals surface area contributed by atoms with Gasteiger partial charge in [0.15, 0.2) is 6.61 Å². The molecule has 1 fully saturated rings. The fraction of sp³-hybridized carbons (Fsp3) is 0.500. The second-order valence-electron chi connectivity index (χ2n) is 4.12. The Hall–Kier alpha value is -1.62. The Morgan fingerprint density at radius 2 is 2.59 bits per heavy atom. The van der Waals surface area contributed by atoms with Crippen molar-refractivity contribution >= 4 is 5.91 Å². The summed E-state index contributed by atoms with van der Waals surface area (Å²) in [6, 6.07) is 3.81. The molecule has 0 radical (unpaired) electrons. The number of nitrogens with one attached hydrogen (secondary N) is 1. The lowest BCUT2D eigenvalue weighted by molar-refractivity contribution is -0.136. The molecule has 1 aliphatic rings. The van der Waals surface area contributed by atoms with Crippen molar-refractivity contribution < 1.29 is 9.53 Å². The van der Waals surface area contributed by atoms with Gasteiger partial charge in [-0.3, -0.25) is 9.78 Å². The highest BCUT2D eigenvalue weighted by Gasteiger charge is 2.22. The molecule has 0 aliphatic carbocycles. The molecule has 5 heteroatoms. The van der Waals surface area contributed by atoms with Gasteiger partial charge < -0.3 is 15.0 Å². The maximum Gasteiger partial charge on any atom is 0.260 e. The molecule has 17 heavy (non-hydrogen) atoms. The van der Waals surface area contributed by atoms with Crippen LogP contribution in [-0.4, -0.2) is 48.1 Å². The van der Waals surface area contributed by atoms with Crippen LogP contribution in [-0.2, 0) is 4.79 Å². The van der Waals surface area contributed by atoms with Gasteiger partial charge in [-0.05, 0) is 19.1 Å². The molecule has 92 valence electrons. The van der Waals surface area contributed by atoms with Crippen LogP contribution in [0.4, 0.5) is 0 Å². The van der Waals surface area contributed by atoms with Crippen LogP contribution in [0.1, 0.15) is 6.92 Å². The number of amides is 1. The molecule has 0 aromatic carbocycles. The Bertz CT molecular complexity index is 369. The molecule has 1 aromatic heterocycles. The zero-order valence-corrected chi connectivity index (χ0v) is 9.93. The molecule has 1 saturated heterocycles. The van der Waals surface area contributed by atoms with Gasteiger partial charge in [-0.25, -0.2) is 0 Å². The quantitative estimate of drug-likeness (QED) is 0.817. The van der Waals surface area contributed by atoms with Crippen LogP contribution in [0.15, 0.2) is 24.5 Å². The van der Waals surface area contributed by atoms with E-state index in [-0.39, 0.29) is 18.6 Å². The Morgan fingerprint density at radius 1 is 1.71 bits per heavy atom. The molecule has 0 bridgehead atoms. The van der Waals surface area contributed by atoms with Crippen molar-refractivity contribution in [2.75, 3.05) is 26.2 Å². The van der Waals surface area contributed by atoms with E-state index >= 15 is 0 Å². The number of aromatic nitrogens is 1. The molecule has 1 aromatic rings. The van der Waals surface area contributed by atoms with Gasteiger partial charge in [-0.15, -0.1) is 0 Å². The number of carbonyl (C=O) groups excluding carboxylic acids is 1. The highest BCUT2D eigenvalue weighted by atomic mass is 16.5. The Labute approximate surface area is 101 Å². The highest BCUT2D eigenvalue weighted by molar-refractivity contribution is 5.78. The van der Waals surface area contributed by atoms with Gasteiger partial charge in [0.2, 0.25) is 0 Å². The number of carbonyl (C=O) groups is 1. The monoisotopic (exact) mass is 235 g/mol. The maximum atomic E-state index is 11.9. The molecule has 2 rings (SSSR count). The average molecular weight is 235 g/mol. The molecular weight excluding hydrogens is 218 g/mol. The van der Waals surface area contributed by atoms with Crippen molar-refractivity contribution in [3.8, 4) is 5.75 Å². The third-order valence-corrected chi connectivity index (χ3v) is 2.82. The van der Waals surface area contributed by atoms with Crippen molar-refractivity contribution in [1.82, 2.24) is 15.2 Å². The summed E-state index contributed by atoms with van der Waals surface area (Å²) in [5.74, 6) is 0.659. The van der Waals surface area contributed by atoms with E-state index in [2.05, 4.69) is 10.3 Å². The minimum absolute atomic E-state index is 0.0304. The van der Waals surface area contributed by atoms with Crippen LogP contribution >= 0.6 is 0 Å². The minimum Gasteiger partial charge on any atom is -0.482 e. The zero-order chi connectivity index (χ0) is 12.1. The number of piperazine rings is 1. The molecule has 0 spiro atoms. The summed E-state index contributed by atoms with van der Waals surface area (Å²) in [6.45, 7) is 4.56. The molecule has 2 heterocycles. The maximum absolute atomic E-state index is 11.9. The summed E-state index contributed by atoms with van der Waals surface area (Å²) < 4.78 is 5.40. The van der Waals surface area contributed by atoms with Crippen LogP contribution in [0.2, 0.25) is 0 Å². The van der Waals surface area contributed by atoms with Gasteiger partial charge in [0, 0.05) is 31.9 Å². The lowest BCUT2D eigenvalue weighted by atomic mass is 10.2. The van der Waals surface area contributed by atoms with E-state index in [1.165, 1.54) is 0 Å². The SMILES string of the molecule is C[C@@H]1CNCCN1C(=O)COc1cccnc1. The van der Waals surface area contributed by atoms with Gasteiger partial charge >= 0.3 is 0 Å². The predicted molar refractivity (Wildman–Crippen MR) is 63.8 cm³/mol. The van der Waals surface area contributed by atoms with Crippen molar-refractivity contribution in [2.24, 2.45) is 0 Å². The summed E-state index contributed by atoms with van der Waals surface area (Å²) in [7, 11) is 0. The smallest absolute Gasteiger partial charge is 0.260 e. The number of nitrogens with zero attached hydrogens (tertiary/aromatic N) is 2. The molecule has 1 amide bonds. The summed E-state index contributed by atoms with van der Waals surface area (Å²) in [5, 5.41) is 3.25. The van der Waals surface area contributed by atoms with Crippen LogP contribution in [0, 0.1) is 0 Å². The van der Waals surface area contributed by atoms with Crippen molar-refractivity contribution in [1.29, 1.82) is 0 Å². The van der Waals surface area contributed by atoms with Crippen molar-refractivity contribution in [2.45, 2.75) is 13.0 Å². The summed E-state index contributed by atoms with van der Waals surface area (Å²) in [6.07, 6.45) is 3.28. The van der Waals surface area contributed by atoms with Crippen LogP contribution < -0.4 is 10.1 Å². The molecule has 1 aliphatic heterocycles. The topological polar surface area (TPSA) is 54.5 Å². The average Bonchev–Trinajstić information content (AvgIpc) is 2.38. The number of rotatable bonds is 3. The Morgan fingerprint density at radius 3 is 3.29 bits per heavy atom. The van der Waals surface area contributed by atoms with Gasteiger partial charge in [0.1, 0.15) is 5.75 Å². The van der Waals surface area contributed by atoms with Gasteiger partial charge in [0.05, 0.1) is 6.20 Å². The first-order chi connectivity index (χ1) is 8.27. The first-order valence-corrected chi connectivity index (χ1v) is 5.80. The van der Waals surface area contributed by atoms with Crippen LogP contribution in [0.25, 0.3) is 0 Å². The number of pyridine rings is 1. The van der Waals surface area contributed by atoms with E-state index in [9.17, 15) is 4.79 Å². The zero-order valence-electron chi connectivity index (χ0n) is 9.93. The second-order valence-corrected chi connectivity index (χ2v) is 4.12.